The van der Waals surface area contributed by atoms with Crippen molar-refractivity contribution < 1.29 is 28.5 Å². The van der Waals surface area contributed by atoms with Crippen LogP contribution in [0.15, 0.2) is 11.6 Å². The molecule has 108 valence electrons. The molecule has 0 aromatic carbocycles. The Bertz CT molecular complexity index is 375. The smallest absolute Gasteiger partial charge is 0.330 e. The minimum atomic E-state index is -0.699. The van der Waals surface area contributed by atoms with E-state index in [0.717, 1.165) is 0 Å². The maximum atomic E-state index is 11.6. The predicted octanol–water partition coefficient (Wildman–Crippen LogP) is 0.999. The fourth-order valence-corrected chi connectivity index (χ4v) is 2.33. The van der Waals surface area contributed by atoms with E-state index in [1.807, 2.05) is 13.8 Å². The molecule has 0 amide bonds. The number of rotatable bonds is 3. The lowest BCUT2D eigenvalue weighted by Crippen LogP contribution is -2.42. The molecule has 2 aliphatic heterocycles. The normalized spacial score (nSPS) is 35.2. The van der Waals surface area contributed by atoms with Gasteiger partial charge in [-0.3, -0.25) is 0 Å². The molecule has 0 N–H and O–H groups in total. The van der Waals surface area contributed by atoms with Gasteiger partial charge in [0.05, 0.1) is 13.2 Å². The maximum Gasteiger partial charge on any atom is 0.330 e. The van der Waals surface area contributed by atoms with Gasteiger partial charge in [0.1, 0.15) is 12.2 Å². The summed E-state index contributed by atoms with van der Waals surface area (Å²) in [6.45, 7) is 6.09. The van der Waals surface area contributed by atoms with Crippen molar-refractivity contribution in [3.05, 3.63) is 11.6 Å². The number of hydrogen-bond donors (Lipinski definition) is 0. The Balaban J connectivity index is 2.22. The van der Waals surface area contributed by atoms with Crippen molar-refractivity contribution >= 4 is 5.97 Å². The summed E-state index contributed by atoms with van der Waals surface area (Å²) in [4.78, 5) is 11.6. The zero-order valence-corrected chi connectivity index (χ0v) is 11.7. The minimum Gasteiger partial charge on any atom is -0.463 e. The fourth-order valence-electron chi connectivity index (χ4n) is 2.33. The summed E-state index contributed by atoms with van der Waals surface area (Å²) in [5.74, 6) is -1.13. The average Bonchev–Trinajstić information content (AvgIpc) is 2.64. The fraction of sp³-hybridized carbons (Fsp3) is 0.769. The van der Waals surface area contributed by atoms with E-state index in [-0.39, 0.29) is 12.2 Å². The Morgan fingerprint density at radius 3 is 2.84 bits per heavy atom. The van der Waals surface area contributed by atoms with Gasteiger partial charge in [-0.1, -0.05) is 0 Å². The highest BCUT2D eigenvalue weighted by molar-refractivity contribution is 5.83. The van der Waals surface area contributed by atoms with E-state index in [0.29, 0.717) is 18.8 Å². The van der Waals surface area contributed by atoms with Crippen molar-refractivity contribution in [1.82, 2.24) is 0 Å². The van der Waals surface area contributed by atoms with Crippen LogP contribution in [0.2, 0.25) is 0 Å². The molecule has 0 radical (unpaired) electrons. The van der Waals surface area contributed by atoms with Gasteiger partial charge in [0, 0.05) is 18.8 Å². The molecule has 0 unspecified atom stereocenters. The van der Waals surface area contributed by atoms with Gasteiger partial charge >= 0.3 is 5.97 Å². The van der Waals surface area contributed by atoms with E-state index in [9.17, 15) is 4.79 Å². The van der Waals surface area contributed by atoms with Gasteiger partial charge in [-0.25, -0.2) is 4.79 Å². The largest absolute Gasteiger partial charge is 0.463 e. The molecule has 2 saturated heterocycles. The summed E-state index contributed by atoms with van der Waals surface area (Å²) < 4.78 is 27.2. The van der Waals surface area contributed by atoms with Crippen LogP contribution in [0.25, 0.3) is 0 Å². The topological polar surface area (TPSA) is 63.2 Å². The number of carbonyl (C=O) groups excluding carboxylic acids is 1. The summed E-state index contributed by atoms with van der Waals surface area (Å²) in [5, 5.41) is 0. The van der Waals surface area contributed by atoms with Gasteiger partial charge in [-0.2, -0.15) is 0 Å². The second-order valence-electron chi connectivity index (χ2n) is 4.89. The third kappa shape index (κ3) is 3.14. The van der Waals surface area contributed by atoms with Crippen molar-refractivity contribution in [2.75, 3.05) is 20.3 Å². The number of esters is 1. The third-order valence-corrected chi connectivity index (χ3v) is 2.98. The van der Waals surface area contributed by atoms with Crippen molar-refractivity contribution in [3.63, 3.8) is 0 Å². The Hall–Kier alpha value is -0.950. The van der Waals surface area contributed by atoms with E-state index < -0.39 is 18.0 Å². The molecule has 0 aliphatic carbocycles. The van der Waals surface area contributed by atoms with Crippen molar-refractivity contribution in [3.8, 4) is 0 Å². The first-order valence-corrected chi connectivity index (χ1v) is 6.35. The second-order valence-corrected chi connectivity index (χ2v) is 4.89. The SMILES string of the molecule is CCOC(=O)C=C1[C@@H](OC)OC[C@@H]2OC(C)(C)O[C@H]12. The quantitative estimate of drug-likeness (QED) is 0.564. The van der Waals surface area contributed by atoms with Crippen molar-refractivity contribution in [1.29, 1.82) is 0 Å². The molecule has 0 saturated carbocycles. The molecule has 19 heavy (non-hydrogen) atoms. The molecular formula is C13H20O6. The Labute approximate surface area is 112 Å². The number of hydrogen-bond acceptors (Lipinski definition) is 6. The van der Waals surface area contributed by atoms with Crippen LogP contribution in [0.3, 0.4) is 0 Å². The highest BCUT2D eigenvalue weighted by atomic mass is 16.8. The molecule has 0 bridgehead atoms. The first-order chi connectivity index (χ1) is 8.96. The average molecular weight is 272 g/mol. The molecule has 6 heteroatoms. The van der Waals surface area contributed by atoms with Crippen LogP contribution in [0.5, 0.6) is 0 Å². The standard InChI is InChI=1S/C13H20O6/c1-5-16-10(14)6-8-11-9(7-17-12(8)15-4)18-13(2,3)19-11/h6,9,11-12H,5,7H2,1-4H3/t9-,11+,12-/m0/s1. The number of carbonyl (C=O) groups is 1. The second kappa shape index (κ2) is 5.58. The molecule has 0 aromatic rings. The summed E-state index contributed by atoms with van der Waals surface area (Å²) >= 11 is 0. The zero-order chi connectivity index (χ0) is 14.0. The Morgan fingerprint density at radius 1 is 1.47 bits per heavy atom. The number of methoxy groups -OCH3 is 1. The maximum absolute atomic E-state index is 11.6. The first-order valence-electron chi connectivity index (χ1n) is 6.35. The lowest BCUT2D eigenvalue weighted by atomic mass is 10.0. The lowest BCUT2D eigenvalue weighted by molar-refractivity contribution is -0.158. The van der Waals surface area contributed by atoms with Crippen LogP contribution in [-0.4, -0.2) is 50.6 Å². The summed E-state index contributed by atoms with van der Waals surface area (Å²) in [7, 11) is 1.52. The minimum absolute atomic E-state index is 0.234. The van der Waals surface area contributed by atoms with E-state index in [2.05, 4.69) is 0 Å². The van der Waals surface area contributed by atoms with Gasteiger partial charge in [0.25, 0.3) is 0 Å². The van der Waals surface area contributed by atoms with Gasteiger partial charge in [-0.15, -0.1) is 0 Å². The molecular weight excluding hydrogens is 252 g/mol. The predicted molar refractivity (Wildman–Crippen MR) is 65.3 cm³/mol. The Kier molecular flexibility index (Phi) is 4.25. The van der Waals surface area contributed by atoms with E-state index in [4.69, 9.17) is 23.7 Å². The molecule has 3 atom stereocenters. The zero-order valence-electron chi connectivity index (χ0n) is 11.7. The summed E-state index contributed by atoms with van der Waals surface area (Å²) in [6, 6.07) is 0. The highest BCUT2D eigenvalue weighted by Crippen LogP contribution is 2.37. The van der Waals surface area contributed by atoms with Gasteiger partial charge in [0.2, 0.25) is 0 Å². The number of fused-ring (bicyclic) bond motifs is 1. The van der Waals surface area contributed by atoms with E-state index >= 15 is 0 Å². The van der Waals surface area contributed by atoms with E-state index in [1.165, 1.54) is 13.2 Å². The van der Waals surface area contributed by atoms with Crippen LogP contribution >= 0.6 is 0 Å². The van der Waals surface area contributed by atoms with E-state index in [1.54, 1.807) is 6.92 Å². The molecule has 2 rings (SSSR count). The summed E-state index contributed by atoms with van der Waals surface area (Å²) in [6.07, 6.45) is 0.183. The highest BCUT2D eigenvalue weighted by Gasteiger charge is 2.48. The Morgan fingerprint density at radius 2 is 2.21 bits per heavy atom. The van der Waals surface area contributed by atoms with Crippen LogP contribution in [-0.2, 0) is 28.5 Å². The van der Waals surface area contributed by atoms with Gasteiger partial charge < -0.3 is 23.7 Å². The third-order valence-electron chi connectivity index (χ3n) is 2.98. The monoisotopic (exact) mass is 272 g/mol. The molecule has 2 heterocycles. The molecule has 2 fully saturated rings. The molecule has 0 spiro atoms. The molecule has 6 nitrogen and oxygen atoms in total. The van der Waals surface area contributed by atoms with Crippen LogP contribution in [0.1, 0.15) is 20.8 Å². The number of ether oxygens (including phenoxy) is 5. The van der Waals surface area contributed by atoms with Gasteiger partial charge in [-0.05, 0) is 20.8 Å². The molecule has 0 aromatic heterocycles. The van der Waals surface area contributed by atoms with Crippen LogP contribution in [0, 0.1) is 0 Å². The van der Waals surface area contributed by atoms with Crippen molar-refractivity contribution in [2.24, 2.45) is 0 Å². The van der Waals surface area contributed by atoms with Gasteiger partial charge in [0.15, 0.2) is 12.1 Å². The molecule has 2 aliphatic rings. The van der Waals surface area contributed by atoms with Crippen molar-refractivity contribution in [2.45, 2.75) is 45.1 Å². The summed E-state index contributed by atoms with van der Waals surface area (Å²) in [5.41, 5.74) is 0.600. The lowest BCUT2D eigenvalue weighted by Gasteiger charge is -2.31. The van der Waals surface area contributed by atoms with Crippen LogP contribution in [0.4, 0.5) is 0 Å². The van der Waals surface area contributed by atoms with Crippen LogP contribution < -0.4 is 0 Å². The first kappa shape index (κ1) is 14.5.